The molecule has 1 aromatic heterocycles. The van der Waals surface area contributed by atoms with Gasteiger partial charge in [-0.3, -0.25) is 0 Å². The van der Waals surface area contributed by atoms with Gasteiger partial charge in [0, 0.05) is 20.2 Å². The highest BCUT2D eigenvalue weighted by atomic mass is 32.1. The summed E-state index contributed by atoms with van der Waals surface area (Å²) in [7, 11) is 0. The molecule has 0 aliphatic heterocycles. The minimum Gasteiger partial charge on any atom is -0.135 e. The van der Waals surface area contributed by atoms with E-state index < -0.39 is 0 Å². The third kappa shape index (κ3) is 6.01. The molecule has 0 amide bonds. The van der Waals surface area contributed by atoms with Crippen molar-refractivity contribution in [3.63, 3.8) is 0 Å². The Morgan fingerprint density at radius 3 is 1.30 bits per heavy atom. The minimum absolute atomic E-state index is 1.20. The van der Waals surface area contributed by atoms with Crippen LogP contribution in [0.1, 0.15) is 0 Å². The summed E-state index contributed by atoms with van der Waals surface area (Å²) in [4.78, 5) is 0. The molecule has 57 heavy (non-hydrogen) atoms. The topological polar surface area (TPSA) is 0 Å². The van der Waals surface area contributed by atoms with E-state index in [1.165, 1.54) is 108 Å². The number of hydrogen-bond donors (Lipinski definition) is 0. The number of benzene rings is 10. The lowest BCUT2D eigenvalue weighted by molar-refractivity contribution is 1.56. The van der Waals surface area contributed by atoms with Gasteiger partial charge in [0.25, 0.3) is 0 Å². The molecule has 0 aliphatic rings. The van der Waals surface area contributed by atoms with Crippen LogP contribution in [0.3, 0.4) is 0 Å². The van der Waals surface area contributed by atoms with Crippen molar-refractivity contribution in [2.45, 2.75) is 0 Å². The number of fused-ring (bicyclic) bond motifs is 6. The van der Waals surface area contributed by atoms with Gasteiger partial charge in [-0.1, -0.05) is 182 Å². The van der Waals surface area contributed by atoms with E-state index in [0.717, 1.165) is 0 Å². The van der Waals surface area contributed by atoms with E-state index in [4.69, 9.17) is 0 Å². The number of thiophene rings is 1. The molecule has 11 rings (SSSR count). The summed E-state index contributed by atoms with van der Waals surface area (Å²) in [5.41, 5.74) is 14.7. The van der Waals surface area contributed by atoms with Gasteiger partial charge in [0.1, 0.15) is 0 Å². The maximum Gasteiger partial charge on any atom is 0.0433 e. The summed E-state index contributed by atoms with van der Waals surface area (Å²) in [6.07, 6.45) is 0. The lowest BCUT2D eigenvalue weighted by Gasteiger charge is -2.13. The summed E-state index contributed by atoms with van der Waals surface area (Å²) in [5, 5.41) is 7.79. The monoisotopic (exact) mass is 740 g/mol. The van der Waals surface area contributed by atoms with Crippen molar-refractivity contribution >= 4 is 53.1 Å². The molecule has 1 heteroatoms. The maximum atomic E-state index is 2.34. The van der Waals surface area contributed by atoms with Crippen LogP contribution in [0.2, 0.25) is 0 Å². The average molecular weight is 741 g/mol. The summed E-state index contributed by atoms with van der Waals surface area (Å²) in [6.45, 7) is 0. The van der Waals surface area contributed by atoms with Gasteiger partial charge in [0.15, 0.2) is 0 Å². The van der Waals surface area contributed by atoms with Crippen LogP contribution in [0, 0.1) is 0 Å². The van der Waals surface area contributed by atoms with E-state index in [1.807, 2.05) is 11.3 Å². The van der Waals surface area contributed by atoms with Crippen molar-refractivity contribution < 1.29 is 0 Å². The van der Waals surface area contributed by atoms with Crippen molar-refractivity contribution in [2.75, 3.05) is 0 Å². The van der Waals surface area contributed by atoms with Crippen LogP contribution < -0.4 is 0 Å². The Balaban J connectivity index is 0.890. The highest BCUT2D eigenvalue weighted by Gasteiger charge is 2.13. The second-order valence-corrected chi connectivity index (χ2v) is 15.9. The quantitative estimate of drug-likeness (QED) is 0.149. The Morgan fingerprint density at radius 1 is 0.228 bits per heavy atom. The van der Waals surface area contributed by atoms with Gasteiger partial charge >= 0.3 is 0 Å². The van der Waals surface area contributed by atoms with Crippen LogP contribution in [0.5, 0.6) is 0 Å². The fraction of sp³-hybridized carbons (Fsp3) is 0. The Labute approximate surface area is 336 Å². The summed E-state index contributed by atoms with van der Waals surface area (Å²) in [5.74, 6) is 0. The van der Waals surface area contributed by atoms with Crippen LogP contribution in [0.15, 0.2) is 218 Å². The van der Waals surface area contributed by atoms with Crippen molar-refractivity contribution in [3.8, 4) is 66.8 Å². The molecule has 0 saturated carbocycles. The predicted octanol–water partition coefficient (Wildman–Crippen LogP) is 16.4. The standard InChI is InChI=1S/C56H36S/c1-2-21-48-47(12-1)36-54(51-23-4-3-22-50(48)51)46-20-10-19-45(35-46)44-18-9-17-43(34-44)42-16-8-15-41(33-42)40-14-7-13-39(32-40)37-28-30-38(31-29-37)49-25-11-26-53-52-24-5-6-27-55(52)57-56(49)53/h1-36H. The van der Waals surface area contributed by atoms with E-state index in [9.17, 15) is 0 Å². The zero-order valence-electron chi connectivity index (χ0n) is 31.2. The van der Waals surface area contributed by atoms with Gasteiger partial charge in [-0.25, -0.2) is 0 Å². The Kier molecular flexibility index (Phi) is 8.12. The zero-order chi connectivity index (χ0) is 37.7. The predicted molar refractivity (Wildman–Crippen MR) is 247 cm³/mol. The summed E-state index contributed by atoms with van der Waals surface area (Å²) >= 11 is 1.88. The van der Waals surface area contributed by atoms with Crippen LogP contribution in [0.4, 0.5) is 0 Å². The van der Waals surface area contributed by atoms with Crippen LogP contribution in [0.25, 0.3) is 108 Å². The Hall–Kier alpha value is -7.06. The normalized spacial score (nSPS) is 11.5. The molecule has 10 aromatic carbocycles. The van der Waals surface area contributed by atoms with Gasteiger partial charge in [-0.2, -0.15) is 0 Å². The molecule has 266 valence electrons. The molecule has 0 bridgehead atoms. The van der Waals surface area contributed by atoms with Gasteiger partial charge in [0.2, 0.25) is 0 Å². The first-order valence-corrected chi connectivity index (χ1v) is 20.4. The molecular formula is C56H36S. The van der Waals surface area contributed by atoms with Crippen LogP contribution in [-0.2, 0) is 0 Å². The molecule has 0 nitrogen and oxygen atoms in total. The molecule has 0 aliphatic carbocycles. The minimum atomic E-state index is 1.20. The van der Waals surface area contributed by atoms with E-state index in [-0.39, 0.29) is 0 Å². The first kappa shape index (κ1) is 33.3. The van der Waals surface area contributed by atoms with E-state index in [1.54, 1.807) is 0 Å². The molecule has 0 unspecified atom stereocenters. The highest BCUT2D eigenvalue weighted by molar-refractivity contribution is 7.26. The second kappa shape index (κ2) is 13.9. The molecule has 0 N–H and O–H groups in total. The van der Waals surface area contributed by atoms with Gasteiger partial charge < -0.3 is 0 Å². The van der Waals surface area contributed by atoms with Crippen LogP contribution >= 0.6 is 11.3 Å². The first-order chi connectivity index (χ1) is 28.2. The third-order valence-corrected chi connectivity index (χ3v) is 12.7. The molecule has 0 radical (unpaired) electrons. The van der Waals surface area contributed by atoms with Crippen LogP contribution in [-0.4, -0.2) is 0 Å². The van der Waals surface area contributed by atoms with Gasteiger partial charge in [-0.05, 0) is 125 Å². The van der Waals surface area contributed by atoms with E-state index in [2.05, 4.69) is 218 Å². The lowest BCUT2D eigenvalue weighted by Crippen LogP contribution is -1.87. The summed E-state index contributed by atoms with van der Waals surface area (Å²) in [6, 6.07) is 80.1. The van der Waals surface area contributed by atoms with E-state index in [0.29, 0.717) is 0 Å². The van der Waals surface area contributed by atoms with Crippen molar-refractivity contribution in [1.82, 2.24) is 0 Å². The van der Waals surface area contributed by atoms with Crippen molar-refractivity contribution in [3.05, 3.63) is 218 Å². The third-order valence-electron chi connectivity index (χ3n) is 11.5. The molecule has 1 heterocycles. The SMILES string of the molecule is c1cc(-c2ccc(-c3cccc4c3sc3ccccc34)cc2)cc(-c2cccc(-c3cccc(-c4cccc(-c5cc6ccccc6c6ccccc56)c4)c3)c2)c1. The largest absolute Gasteiger partial charge is 0.135 e. The Bertz CT molecular complexity index is 3290. The molecule has 0 saturated heterocycles. The van der Waals surface area contributed by atoms with Gasteiger partial charge in [-0.15, -0.1) is 11.3 Å². The number of hydrogen-bond acceptors (Lipinski definition) is 1. The molecular weight excluding hydrogens is 705 g/mol. The average Bonchev–Trinajstić information content (AvgIpc) is 3.68. The molecule has 0 atom stereocenters. The molecule has 11 aromatic rings. The van der Waals surface area contributed by atoms with Crippen molar-refractivity contribution in [1.29, 1.82) is 0 Å². The summed E-state index contributed by atoms with van der Waals surface area (Å²) < 4.78 is 2.68. The van der Waals surface area contributed by atoms with E-state index >= 15 is 0 Å². The maximum absolute atomic E-state index is 2.34. The second-order valence-electron chi connectivity index (χ2n) is 14.9. The lowest BCUT2D eigenvalue weighted by atomic mass is 9.91. The molecule has 0 spiro atoms. The Morgan fingerprint density at radius 2 is 0.667 bits per heavy atom. The highest BCUT2D eigenvalue weighted by Crippen LogP contribution is 2.41. The van der Waals surface area contributed by atoms with Crippen molar-refractivity contribution in [2.24, 2.45) is 0 Å². The number of rotatable bonds is 6. The smallest absolute Gasteiger partial charge is 0.0433 e. The fourth-order valence-electron chi connectivity index (χ4n) is 8.61. The molecule has 0 fully saturated rings. The zero-order valence-corrected chi connectivity index (χ0v) is 32.0. The van der Waals surface area contributed by atoms with Gasteiger partial charge in [0.05, 0.1) is 0 Å². The fourth-order valence-corrected chi connectivity index (χ4v) is 9.85. The first-order valence-electron chi connectivity index (χ1n) is 19.6.